The number of hydrogen-bond donors (Lipinski definition) is 1. The SMILES string of the molecule is CN1CCN(Cc2ccccc2-c2ccc(CN3CCC(N)CC3)cc2)CC1. The van der Waals surface area contributed by atoms with Crippen molar-refractivity contribution in [3.05, 3.63) is 59.7 Å². The Morgan fingerprint density at radius 1 is 0.786 bits per heavy atom. The standard InChI is InChI=1S/C24H34N4/c1-26-14-16-28(17-15-26)19-22-4-2-3-5-24(22)21-8-6-20(7-9-21)18-27-12-10-23(25)11-13-27/h2-9,23H,10-19,25H2,1H3. The summed E-state index contributed by atoms with van der Waals surface area (Å²) >= 11 is 0. The molecular formula is C24H34N4. The molecule has 0 spiro atoms. The van der Waals surface area contributed by atoms with Gasteiger partial charge in [0.25, 0.3) is 0 Å². The number of piperazine rings is 1. The molecule has 28 heavy (non-hydrogen) atoms. The molecule has 4 nitrogen and oxygen atoms in total. The van der Waals surface area contributed by atoms with E-state index in [4.69, 9.17) is 5.73 Å². The van der Waals surface area contributed by atoms with Gasteiger partial charge in [-0.15, -0.1) is 0 Å². The van der Waals surface area contributed by atoms with Gasteiger partial charge in [-0.05, 0) is 55.2 Å². The monoisotopic (exact) mass is 378 g/mol. The van der Waals surface area contributed by atoms with Crippen LogP contribution < -0.4 is 5.73 Å². The van der Waals surface area contributed by atoms with Gasteiger partial charge in [0.2, 0.25) is 0 Å². The second-order valence-electron chi connectivity index (χ2n) is 8.55. The predicted octanol–water partition coefficient (Wildman–Crippen LogP) is 3.02. The average Bonchev–Trinajstić information content (AvgIpc) is 2.73. The van der Waals surface area contributed by atoms with Crippen LogP contribution in [0, 0.1) is 0 Å². The van der Waals surface area contributed by atoms with Gasteiger partial charge in [-0.1, -0.05) is 48.5 Å². The minimum Gasteiger partial charge on any atom is -0.328 e. The van der Waals surface area contributed by atoms with Gasteiger partial charge in [-0.25, -0.2) is 0 Å². The summed E-state index contributed by atoms with van der Waals surface area (Å²) in [5.74, 6) is 0. The fourth-order valence-electron chi connectivity index (χ4n) is 4.35. The number of likely N-dealkylation sites (N-methyl/N-ethyl adjacent to an activating group) is 1. The second kappa shape index (κ2) is 9.19. The quantitative estimate of drug-likeness (QED) is 0.868. The minimum atomic E-state index is 0.399. The van der Waals surface area contributed by atoms with E-state index >= 15 is 0 Å². The van der Waals surface area contributed by atoms with Gasteiger partial charge in [0, 0.05) is 45.3 Å². The van der Waals surface area contributed by atoms with Crippen molar-refractivity contribution in [2.75, 3.05) is 46.3 Å². The van der Waals surface area contributed by atoms with Crippen molar-refractivity contribution < 1.29 is 0 Å². The maximum absolute atomic E-state index is 6.03. The highest BCUT2D eigenvalue weighted by atomic mass is 15.2. The van der Waals surface area contributed by atoms with Crippen molar-refractivity contribution in [1.82, 2.24) is 14.7 Å². The van der Waals surface area contributed by atoms with Gasteiger partial charge < -0.3 is 10.6 Å². The molecule has 0 unspecified atom stereocenters. The fraction of sp³-hybridized carbons (Fsp3) is 0.500. The minimum absolute atomic E-state index is 0.399. The van der Waals surface area contributed by atoms with Crippen molar-refractivity contribution in [1.29, 1.82) is 0 Å². The molecule has 2 aromatic rings. The maximum atomic E-state index is 6.03. The molecule has 2 aromatic carbocycles. The first-order chi connectivity index (χ1) is 13.7. The third-order valence-electron chi connectivity index (χ3n) is 6.31. The van der Waals surface area contributed by atoms with Crippen molar-refractivity contribution in [2.45, 2.75) is 32.0 Å². The van der Waals surface area contributed by atoms with Crippen molar-refractivity contribution in [2.24, 2.45) is 5.73 Å². The number of hydrogen-bond acceptors (Lipinski definition) is 4. The molecule has 0 radical (unpaired) electrons. The molecule has 0 amide bonds. The predicted molar refractivity (Wildman–Crippen MR) is 117 cm³/mol. The van der Waals surface area contributed by atoms with Crippen LogP contribution in [-0.4, -0.2) is 67.1 Å². The molecule has 0 aliphatic carbocycles. The molecule has 150 valence electrons. The maximum Gasteiger partial charge on any atom is 0.0240 e. The van der Waals surface area contributed by atoms with Crippen LogP contribution in [0.5, 0.6) is 0 Å². The van der Waals surface area contributed by atoms with Crippen LogP contribution in [0.4, 0.5) is 0 Å². The van der Waals surface area contributed by atoms with E-state index in [1.807, 2.05) is 0 Å². The lowest BCUT2D eigenvalue weighted by Crippen LogP contribution is -2.43. The Morgan fingerprint density at radius 3 is 2.14 bits per heavy atom. The first-order valence-corrected chi connectivity index (χ1v) is 10.7. The van der Waals surface area contributed by atoms with E-state index in [1.165, 1.54) is 22.3 Å². The van der Waals surface area contributed by atoms with Crippen molar-refractivity contribution in [3.63, 3.8) is 0 Å². The Balaban J connectivity index is 1.42. The molecular weight excluding hydrogens is 344 g/mol. The summed E-state index contributed by atoms with van der Waals surface area (Å²) in [4.78, 5) is 7.52. The first kappa shape index (κ1) is 19.6. The Labute approximate surface area is 169 Å². The van der Waals surface area contributed by atoms with Gasteiger partial charge in [0.05, 0.1) is 0 Å². The van der Waals surface area contributed by atoms with E-state index in [1.54, 1.807) is 0 Å². The molecule has 2 fully saturated rings. The largest absolute Gasteiger partial charge is 0.328 e. The van der Waals surface area contributed by atoms with E-state index in [-0.39, 0.29) is 0 Å². The van der Waals surface area contributed by atoms with E-state index in [2.05, 4.69) is 70.3 Å². The molecule has 4 rings (SSSR count). The molecule has 2 saturated heterocycles. The number of nitrogens with zero attached hydrogens (tertiary/aromatic N) is 3. The van der Waals surface area contributed by atoms with E-state index in [9.17, 15) is 0 Å². The Hall–Kier alpha value is -1.72. The Kier molecular flexibility index (Phi) is 6.43. The number of benzene rings is 2. The molecule has 4 heteroatoms. The Morgan fingerprint density at radius 2 is 1.43 bits per heavy atom. The summed E-state index contributed by atoms with van der Waals surface area (Å²) < 4.78 is 0. The Bertz CT molecular complexity index is 741. The van der Waals surface area contributed by atoms with Crippen molar-refractivity contribution >= 4 is 0 Å². The first-order valence-electron chi connectivity index (χ1n) is 10.7. The lowest BCUT2D eigenvalue weighted by molar-refractivity contribution is 0.148. The summed E-state index contributed by atoms with van der Waals surface area (Å²) in [5, 5.41) is 0. The molecule has 2 aliphatic rings. The summed E-state index contributed by atoms with van der Waals surface area (Å²) in [6, 6.07) is 18.5. The number of likely N-dealkylation sites (tertiary alicyclic amines) is 1. The lowest BCUT2D eigenvalue weighted by Gasteiger charge is -2.32. The van der Waals surface area contributed by atoms with Gasteiger partial charge >= 0.3 is 0 Å². The summed E-state index contributed by atoms with van der Waals surface area (Å²) in [6.45, 7) is 8.96. The highest BCUT2D eigenvalue weighted by molar-refractivity contribution is 5.67. The molecule has 0 saturated carbocycles. The van der Waals surface area contributed by atoms with E-state index < -0.39 is 0 Å². The van der Waals surface area contributed by atoms with Crippen LogP contribution in [-0.2, 0) is 13.1 Å². The molecule has 2 heterocycles. The number of nitrogens with two attached hydrogens (primary N) is 1. The molecule has 2 N–H and O–H groups in total. The number of piperidine rings is 1. The average molecular weight is 379 g/mol. The smallest absolute Gasteiger partial charge is 0.0240 e. The zero-order chi connectivity index (χ0) is 19.3. The summed E-state index contributed by atoms with van der Waals surface area (Å²) in [5.41, 5.74) is 11.6. The lowest BCUT2D eigenvalue weighted by atomic mass is 9.97. The highest BCUT2D eigenvalue weighted by Gasteiger charge is 2.17. The van der Waals surface area contributed by atoms with Gasteiger partial charge in [0.1, 0.15) is 0 Å². The van der Waals surface area contributed by atoms with Crippen LogP contribution in [0.15, 0.2) is 48.5 Å². The second-order valence-corrected chi connectivity index (χ2v) is 8.55. The van der Waals surface area contributed by atoms with Gasteiger partial charge in [-0.2, -0.15) is 0 Å². The third-order valence-corrected chi connectivity index (χ3v) is 6.31. The zero-order valence-corrected chi connectivity index (χ0v) is 17.2. The van der Waals surface area contributed by atoms with Crippen LogP contribution in [0.1, 0.15) is 24.0 Å². The molecule has 0 atom stereocenters. The number of rotatable bonds is 5. The van der Waals surface area contributed by atoms with E-state index in [0.29, 0.717) is 6.04 Å². The molecule has 2 aliphatic heterocycles. The zero-order valence-electron chi connectivity index (χ0n) is 17.2. The van der Waals surface area contributed by atoms with Crippen LogP contribution in [0.25, 0.3) is 11.1 Å². The van der Waals surface area contributed by atoms with Crippen molar-refractivity contribution in [3.8, 4) is 11.1 Å². The molecule has 0 bridgehead atoms. The topological polar surface area (TPSA) is 35.7 Å². The normalized spacial score (nSPS) is 20.5. The summed E-state index contributed by atoms with van der Waals surface area (Å²) in [6.07, 6.45) is 2.25. The summed E-state index contributed by atoms with van der Waals surface area (Å²) in [7, 11) is 2.21. The van der Waals surface area contributed by atoms with E-state index in [0.717, 1.165) is 65.2 Å². The third kappa shape index (κ3) is 5.00. The van der Waals surface area contributed by atoms with Crippen LogP contribution in [0.2, 0.25) is 0 Å². The highest BCUT2D eigenvalue weighted by Crippen LogP contribution is 2.26. The van der Waals surface area contributed by atoms with Gasteiger partial charge in [0.15, 0.2) is 0 Å². The fourth-order valence-corrected chi connectivity index (χ4v) is 4.35. The van der Waals surface area contributed by atoms with Crippen LogP contribution in [0.3, 0.4) is 0 Å². The van der Waals surface area contributed by atoms with Gasteiger partial charge in [-0.3, -0.25) is 9.80 Å². The molecule has 0 aromatic heterocycles. The van der Waals surface area contributed by atoms with Crippen LogP contribution >= 0.6 is 0 Å².